The monoisotopic (exact) mass is 264 g/mol. The highest BCUT2D eigenvalue weighted by molar-refractivity contribution is 5.98. The lowest BCUT2D eigenvalue weighted by molar-refractivity contribution is -0.0571. The first-order chi connectivity index (χ1) is 8.86. The van der Waals surface area contributed by atoms with E-state index in [1.54, 1.807) is 39.1 Å². The molecule has 0 saturated heterocycles. The third-order valence-corrected chi connectivity index (χ3v) is 3.45. The third kappa shape index (κ3) is 2.49. The molecule has 1 aliphatic heterocycles. The Bertz CT molecular complexity index is 499. The maximum atomic E-state index is 11.8. The minimum atomic E-state index is -0.811. The van der Waals surface area contributed by atoms with Gasteiger partial charge in [0.2, 0.25) is 0 Å². The molecule has 19 heavy (non-hydrogen) atoms. The Labute approximate surface area is 112 Å². The van der Waals surface area contributed by atoms with Crippen LogP contribution in [0.5, 0.6) is 5.75 Å². The molecule has 0 aliphatic carbocycles. The number of ketones is 1. The van der Waals surface area contributed by atoms with E-state index in [0.29, 0.717) is 16.9 Å². The first kappa shape index (κ1) is 14.0. The molecular weight excluding hydrogens is 244 g/mol. The van der Waals surface area contributed by atoms with E-state index in [9.17, 15) is 9.90 Å². The van der Waals surface area contributed by atoms with Crippen molar-refractivity contribution >= 4 is 5.78 Å². The van der Waals surface area contributed by atoms with Gasteiger partial charge in [-0.05, 0) is 39.1 Å². The van der Waals surface area contributed by atoms with E-state index in [0.717, 1.165) is 0 Å². The Balaban J connectivity index is 2.39. The molecule has 0 saturated carbocycles. The highest BCUT2D eigenvalue weighted by Gasteiger charge is 2.41. The molecule has 0 unspecified atom stereocenters. The Morgan fingerprint density at radius 1 is 1.53 bits per heavy atom. The van der Waals surface area contributed by atoms with Crippen LogP contribution in [0, 0.1) is 0 Å². The highest BCUT2D eigenvalue weighted by atomic mass is 16.5. The van der Waals surface area contributed by atoms with Gasteiger partial charge in [0.25, 0.3) is 0 Å². The normalized spacial score (nSPS) is 24.5. The summed E-state index contributed by atoms with van der Waals surface area (Å²) in [4.78, 5) is 11.8. The van der Waals surface area contributed by atoms with E-state index in [-0.39, 0.29) is 12.3 Å². The molecule has 5 nitrogen and oxygen atoms in total. The first-order valence-electron chi connectivity index (χ1n) is 6.31. The van der Waals surface area contributed by atoms with Crippen LogP contribution in [0.2, 0.25) is 0 Å². The van der Waals surface area contributed by atoms with E-state index in [1.165, 1.54) is 0 Å². The summed E-state index contributed by atoms with van der Waals surface area (Å²) >= 11 is 0. The number of rotatable bonds is 3. The Kier molecular flexibility index (Phi) is 3.62. The van der Waals surface area contributed by atoms with E-state index in [4.69, 9.17) is 10.5 Å². The predicted molar refractivity (Wildman–Crippen MR) is 72.3 cm³/mol. The summed E-state index contributed by atoms with van der Waals surface area (Å²) in [5.74, 6) is 0.612. The second-order valence-corrected chi connectivity index (χ2v) is 5.38. The quantitative estimate of drug-likeness (QED) is 0.697. The fraction of sp³-hybridized carbons (Fsp3) is 0.500. The van der Waals surface area contributed by atoms with Crippen molar-refractivity contribution in [1.29, 1.82) is 0 Å². The number of likely N-dealkylation sites (N-methyl/N-ethyl adjacent to an activating group) is 1. The molecule has 0 fully saturated rings. The minimum absolute atomic E-state index is 0.0168. The Morgan fingerprint density at radius 2 is 2.21 bits per heavy atom. The van der Waals surface area contributed by atoms with Gasteiger partial charge in [-0.25, -0.2) is 0 Å². The van der Waals surface area contributed by atoms with Crippen LogP contribution in [0.3, 0.4) is 0 Å². The standard InChI is InChI=1S/C14H20N2O3/c1-14(2)13(18)12(15)9-6-8(10(17)7-16-3)4-5-11(9)19-14/h4-6,12-13,16,18H,7,15H2,1-3H3/t12-,13+/m1/s1. The average Bonchev–Trinajstić information content (AvgIpc) is 2.36. The molecule has 0 amide bonds. The van der Waals surface area contributed by atoms with Gasteiger partial charge in [0, 0.05) is 11.1 Å². The molecule has 0 radical (unpaired) electrons. The second-order valence-electron chi connectivity index (χ2n) is 5.38. The summed E-state index contributed by atoms with van der Waals surface area (Å²) in [6.45, 7) is 3.85. The number of aliphatic hydroxyl groups is 1. The van der Waals surface area contributed by atoms with Gasteiger partial charge in [-0.1, -0.05) is 0 Å². The number of benzene rings is 1. The molecular formula is C14H20N2O3. The van der Waals surface area contributed by atoms with Crippen LogP contribution < -0.4 is 15.8 Å². The maximum absolute atomic E-state index is 11.8. The molecule has 0 spiro atoms. The number of aliphatic hydroxyl groups excluding tert-OH is 1. The topological polar surface area (TPSA) is 84.6 Å². The zero-order valence-corrected chi connectivity index (χ0v) is 11.4. The van der Waals surface area contributed by atoms with Gasteiger partial charge in [0.1, 0.15) is 17.5 Å². The maximum Gasteiger partial charge on any atom is 0.176 e. The van der Waals surface area contributed by atoms with Crippen molar-refractivity contribution in [2.45, 2.75) is 31.6 Å². The number of nitrogens with one attached hydrogen (secondary N) is 1. The highest BCUT2D eigenvalue weighted by Crippen LogP contribution is 2.38. The van der Waals surface area contributed by atoms with Crippen molar-refractivity contribution in [1.82, 2.24) is 5.32 Å². The van der Waals surface area contributed by atoms with Crippen molar-refractivity contribution < 1.29 is 14.6 Å². The Hall–Kier alpha value is -1.43. The van der Waals surface area contributed by atoms with Crippen molar-refractivity contribution in [2.24, 2.45) is 5.73 Å². The molecule has 104 valence electrons. The summed E-state index contributed by atoms with van der Waals surface area (Å²) in [7, 11) is 1.72. The van der Waals surface area contributed by atoms with E-state index >= 15 is 0 Å². The van der Waals surface area contributed by atoms with Gasteiger partial charge in [0.05, 0.1) is 12.6 Å². The molecule has 1 aliphatic rings. The van der Waals surface area contributed by atoms with E-state index < -0.39 is 17.7 Å². The van der Waals surface area contributed by atoms with Gasteiger partial charge >= 0.3 is 0 Å². The van der Waals surface area contributed by atoms with Crippen LogP contribution in [0.1, 0.15) is 35.8 Å². The van der Waals surface area contributed by atoms with Crippen molar-refractivity contribution in [3.05, 3.63) is 29.3 Å². The minimum Gasteiger partial charge on any atom is -0.485 e. The summed E-state index contributed by atoms with van der Waals surface area (Å²) in [6.07, 6.45) is -0.811. The molecule has 0 bridgehead atoms. The van der Waals surface area contributed by atoms with Crippen LogP contribution >= 0.6 is 0 Å². The molecule has 1 heterocycles. The molecule has 2 rings (SSSR count). The molecule has 4 N–H and O–H groups in total. The summed E-state index contributed by atoms with van der Waals surface area (Å²) in [6, 6.07) is 4.61. The number of hydrogen-bond donors (Lipinski definition) is 3. The smallest absolute Gasteiger partial charge is 0.176 e. The zero-order chi connectivity index (χ0) is 14.2. The molecule has 0 aromatic heterocycles. The lowest BCUT2D eigenvalue weighted by Gasteiger charge is -2.40. The molecule has 2 atom stereocenters. The van der Waals surface area contributed by atoms with Crippen LogP contribution in [0.4, 0.5) is 0 Å². The summed E-state index contributed by atoms with van der Waals surface area (Å²) < 4.78 is 5.74. The first-order valence-corrected chi connectivity index (χ1v) is 6.31. The van der Waals surface area contributed by atoms with E-state index in [1.807, 2.05) is 0 Å². The lowest BCUT2D eigenvalue weighted by Crippen LogP contribution is -2.51. The van der Waals surface area contributed by atoms with Crippen LogP contribution in [0.15, 0.2) is 18.2 Å². The predicted octanol–water partition coefficient (Wildman–Crippen LogP) is 0.620. The lowest BCUT2D eigenvalue weighted by atomic mass is 9.86. The number of fused-ring (bicyclic) bond motifs is 1. The number of carbonyl (C=O) groups is 1. The van der Waals surface area contributed by atoms with Gasteiger partial charge < -0.3 is 20.9 Å². The summed E-state index contributed by atoms with van der Waals surface area (Å²) in [5.41, 5.74) is 6.56. The molecule has 1 aromatic rings. The van der Waals surface area contributed by atoms with Gasteiger partial charge in [0.15, 0.2) is 5.78 Å². The number of hydrogen-bond acceptors (Lipinski definition) is 5. The fourth-order valence-electron chi connectivity index (χ4n) is 2.28. The average molecular weight is 264 g/mol. The zero-order valence-electron chi connectivity index (χ0n) is 11.4. The largest absolute Gasteiger partial charge is 0.485 e. The fourth-order valence-corrected chi connectivity index (χ4v) is 2.28. The Morgan fingerprint density at radius 3 is 2.84 bits per heavy atom. The van der Waals surface area contributed by atoms with Crippen LogP contribution in [0.25, 0.3) is 0 Å². The summed E-state index contributed by atoms with van der Waals surface area (Å²) in [5, 5.41) is 13.0. The second kappa shape index (κ2) is 4.92. The van der Waals surface area contributed by atoms with Gasteiger partial charge in [-0.15, -0.1) is 0 Å². The van der Waals surface area contributed by atoms with E-state index in [2.05, 4.69) is 5.32 Å². The van der Waals surface area contributed by atoms with Crippen molar-refractivity contribution in [3.63, 3.8) is 0 Å². The molecule has 1 aromatic carbocycles. The number of ether oxygens (including phenoxy) is 1. The van der Waals surface area contributed by atoms with Gasteiger partial charge in [-0.2, -0.15) is 0 Å². The number of Topliss-reactive ketones (excluding diaryl/α,β-unsaturated/α-hetero) is 1. The number of carbonyl (C=O) groups excluding carboxylic acids is 1. The molecule has 5 heteroatoms. The SMILES string of the molecule is CNCC(=O)c1ccc2c(c1)[C@@H](N)[C@H](O)C(C)(C)O2. The van der Waals surface area contributed by atoms with Crippen molar-refractivity contribution in [3.8, 4) is 5.75 Å². The van der Waals surface area contributed by atoms with Gasteiger partial charge in [-0.3, -0.25) is 4.79 Å². The third-order valence-electron chi connectivity index (χ3n) is 3.45. The van der Waals surface area contributed by atoms with Crippen LogP contribution in [-0.2, 0) is 0 Å². The van der Waals surface area contributed by atoms with Crippen LogP contribution in [-0.4, -0.2) is 36.2 Å². The number of nitrogens with two attached hydrogens (primary N) is 1. The van der Waals surface area contributed by atoms with Crippen molar-refractivity contribution in [2.75, 3.05) is 13.6 Å².